The molecule has 2 aromatic rings. The van der Waals surface area contributed by atoms with Gasteiger partial charge < -0.3 is 14.2 Å². The number of hydrogen-bond acceptors (Lipinski definition) is 3. The molecule has 0 spiro atoms. The summed E-state index contributed by atoms with van der Waals surface area (Å²) in [5.74, 6) is 0.677. The van der Waals surface area contributed by atoms with Gasteiger partial charge >= 0.3 is 0 Å². The molecule has 1 atom stereocenters. The van der Waals surface area contributed by atoms with Crippen molar-refractivity contribution < 1.29 is 14.0 Å². The molecule has 0 aliphatic carbocycles. The van der Waals surface area contributed by atoms with Crippen molar-refractivity contribution in [3.05, 3.63) is 54.0 Å². The number of rotatable bonds is 2. The summed E-state index contributed by atoms with van der Waals surface area (Å²) in [4.78, 5) is 29.3. The molecule has 0 saturated carbocycles. The van der Waals surface area contributed by atoms with Gasteiger partial charge in [0.1, 0.15) is 6.26 Å². The molecule has 2 amide bonds. The minimum Gasteiger partial charge on any atom is -0.472 e. The van der Waals surface area contributed by atoms with Gasteiger partial charge in [-0.3, -0.25) is 9.59 Å². The number of amides is 2. The van der Waals surface area contributed by atoms with Crippen LogP contribution in [0.4, 0.5) is 5.69 Å². The highest BCUT2D eigenvalue weighted by Gasteiger charge is 2.34. The lowest BCUT2D eigenvalue weighted by molar-refractivity contribution is -0.123. The first-order chi connectivity index (χ1) is 12.6. The molecule has 136 valence electrons. The van der Waals surface area contributed by atoms with E-state index in [9.17, 15) is 9.59 Å². The van der Waals surface area contributed by atoms with Crippen LogP contribution in [0.15, 0.2) is 47.3 Å². The monoisotopic (exact) mass is 352 g/mol. The van der Waals surface area contributed by atoms with Crippen molar-refractivity contribution in [2.24, 2.45) is 5.92 Å². The quantitative estimate of drug-likeness (QED) is 0.829. The topological polar surface area (TPSA) is 53.8 Å². The zero-order chi connectivity index (χ0) is 18.1. The van der Waals surface area contributed by atoms with E-state index in [-0.39, 0.29) is 17.7 Å². The van der Waals surface area contributed by atoms with Crippen molar-refractivity contribution in [2.75, 3.05) is 24.5 Å². The third kappa shape index (κ3) is 3.02. The van der Waals surface area contributed by atoms with Crippen LogP contribution >= 0.6 is 0 Å². The molecule has 5 nitrogen and oxygen atoms in total. The molecule has 0 radical (unpaired) electrons. The molecule has 0 N–H and O–H groups in total. The maximum absolute atomic E-state index is 13.1. The van der Waals surface area contributed by atoms with Gasteiger partial charge in [0.05, 0.1) is 11.8 Å². The fourth-order valence-corrected chi connectivity index (χ4v) is 4.10. The summed E-state index contributed by atoms with van der Waals surface area (Å²) in [5.41, 5.74) is 2.90. The first-order valence-electron chi connectivity index (χ1n) is 9.37. The Balaban J connectivity index is 1.43. The molecule has 1 aromatic heterocycles. The van der Waals surface area contributed by atoms with Crippen LogP contribution in [0.3, 0.4) is 0 Å². The Bertz CT molecular complexity index is 791. The summed E-state index contributed by atoms with van der Waals surface area (Å²) in [5, 5.41) is 0. The Hall–Kier alpha value is -2.56. The molecule has 2 aliphatic heterocycles. The normalized spacial score (nSPS) is 20.7. The van der Waals surface area contributed by atoms with Crippen molar-refractivity contribution in [1.82, 2.24) is 4.90 Å². The molecular weight excluding hydrogens is 328 g/mol. The molecule has 4 rings (SSSR count). The summed E-state index contributed by atoms with van der Waals surface area (Å²) in [6.45, 7) is 4.24. The summed E-state index contributed by atoms with van der Waals surface area (Å²) in [7, 11) is 0. The highest BCUT2D eigenvalue weighted by atomic mass is 16.3. The van der Waals surface area contributed by atoms with Crippen molar-refractivity contribution in [3.63, 3.8) is 0 Å². The van der Waals surface area contributed by atoms with Gasteiger partial charge in [0.25, 0.3) is 5.91 Å². The number of anilines is 1. The minimum absolute atomic E-state index is 0.00939. The molecule has 3 heterocycles. The lowest BCUT2D eigenvalue weighted by Crippen LogP contribution is -2.46. The standard InChI is InChI=1S/C21H24N2O3/c1-15-6-12-23(19-5-3-2-4-18(15)19)21(25)16-7-10-22(11-8-16)20(24)17-9-13-26-14-17/h2-5,9,13-16H,6-8,10-12H2,1H3/t15-/m0/s1. The SMILES string of the molecule is C[C@H]1CCN(C(=O)C2CCN(C(=O)c3ccoc3)CC2)c2ccccc21. The third-order valence-electron chi connectivity index (χ3n) is 5.71. The van der Waals surface area contributed by atoms with E-state index < -0.39 is 0 Å². The van der Waals surface area contributed by atoms with Crippen molar-refractivity contribution in [1.29, 1.82) is 0 Å². The number of hydrogen-bond donors (Lipinski definition) is 0. The predicted molar refractivity (Wildman–Crippen MR) is 99.2 cm³/mol. The average molecular weight is 352 g/mol. The van der Waals surface area contributed by atoms with Crippen LogP contribution in [0.25, 0.3) is 0 Å². The van der Waals surface area contributed by atoms with E-state index >= 15 is 0 Å². The van der Waals surface area contributed by atoms with Gasteiger partial charge in [0.2, 0.25) is 5.91 Å². The molecule has 0 bridgehead atoms. The molecular formula is C21H24N2O3. The number of carbonyl (C=O) groups excluding carboxylic acids is 2. The first kappa shape index (κ1) is 16.9. The van der Waals surface area contributed by atoms with E-state index in [1.165, 1.54) is 18.1 Å². The highest BCUT2D eigenvalue weighted by Crippen LogP contribution is 2.36. The van der Waals surface area contributed by atoms with Crippen LogP contribution in [-0.4, -0.2) is 36.3 Å². The summed E-state index contributed by atoms with van der Waals surface area (Å²) in [6.07, 6.45) is 5.43. The van der Waals surface area contributed by atoms with Crippen LogP contribution < -0.4 is 4.90 Å². The Morgan fingerprint density at radius 1 is 1.04 bits per heavy atom. The zero-order valence-electron chi connectivity index (χ0n) is 15.1. The van der Waals surface area contributed by atoms with Gasteiger partial charge in [0.15, 0.2) is 0 Å². The largest absolute Gasteiger partial charge is 0.472 e. The smallest absolute Gasteiger partial charge is 0.257 e. The van der Waals surface area contributed by atoms with Gasteiger partial charge in [0, 0.05) is 31.2 Å². The van der Waals surface area contributed by atoms with Gasteiger partial charge in [-0.2, -0.15) is 0 Å². The van der Waals surface area contributed by atoms with Crippen LogP contribution in [0.2, 0.25) is 0 Å². The number of carbonyl (C=O) groups is 2. The van der Waals surface area contributed by atoms with E-state index in [4.69, 9.17) is 4.42 Å². The minimum atomic E-state index is -0.0122. The molecule has 2 aliphatic rings. The number of likely N-dealkylation sites (tertiary alicyclic amines) is 1. The van der Waals surface area contributed by atoms with Crippen molar-refractivity contribution in [2.45, 2.75) is 32.1 Å². The molecule has 1 fully saturated rings. The van der Waals surface area contributed by atoms with E-state index in [0.29, 0.717) is 24.6 Å². The van der Waals surface area contributed by atoms with E-state index in [0.717, 1.165) is 31.5 Å². The lowest BCUT2D eigenvalue weighted by atomic mass is 9.89. The second-order valence-electron chi connectivity index (χ2n) is 7.32. The first-order valence-corrected chi connectivity index (χ1v) is 9.37. The highest BCUT2D eigenvalue weighted by molar-refractivity contribution is 5.97. The maximum atomic E-state index is 13.1. The van der Waals surface area contributed by atoms with E-state index in [2.05, 4.69) is 19.1 Å². The number of benzene rings is 1. The van der Waals surface area contributed by atoms with Gasteiger partial charge in [-0.1, -0.05) is 25.1 Å². The number of nitrogens with zero attached hydrogens (tertiary/aromatic N) is 2. The number of furan rings is 1. The van der Waals surface area contributed by atoms with Gasteiger partial charge in [-0.05, 0) is 42.9 Å². The van der Waals surface area contributed by atoms with E-state index in [1.807, 2.05) is 21.9 Å². The maximum Gasteiger partial charge on any atom is 0.257 e. The van der Waals surface area contributed by atoms with Crippen molar-refractivity contribution in [3.8, 4) is 0 Å². The molecule has 5 heteroatoms. The van der Waals surface area contributed by atoms with Crippen LogP contribution in [-0.2, 0) is 4.79 Å². The lowest BCUT2D eigenvalue weighted by Gasteiger charge is -2.37. The Morgan fingerprint density at radius 3 is 2.54 bits per heavy atom. The molecule has 1 aromatic carbocycles. The zero-order valence-corrected chi connectivity index (χ0v) is 15.1. The van der Waals surface area contributed by atoms with Gasteiger partial charge in [-0.25, -0.2) is 0 Å². The summed E-state index contributed by atoms with van der Waals surface area (Å²) >= 11 is 0. The van der Waals surface area contributed by atoms with Crippen molar-refractivity contribution >= 4 is 17.5 Å². The Morgan fingerprint density at radius 2 is 1.81 bits per heavy atom. The second-order valence-corrected chi connectivity index (χ2v) is 7.32. The fourth-order valence-electron chi connectivity index (χ4n) is 4.10. The summed E-state index contributed by atoms with van der Waals surface area (Å²) in [6, 6.07) is 9.92. The van der Waals surface area contributed by atoms with Crippen LogP contribution in [0, 0.1) is 5.92 Å². The molecule has 0 unspecified atom stereocenters. The van der Waals surface area contributed by atoms with Crippen LogP contribution in [0.5, 0.6) is 0 Å². The molecule has 1 saturated heterocycles. The number of para-hydroxylation sites is 1. The summed E-state index contributed by atoms with van der Waals surface area (Å²) < 4.78 is 5.00. The number of piperidine rings is 1. The second kappa shape index (κ2) is 6.98. The Labute approximate surface area is 153 Å². The molecule has 26 heavy (non-hydrogen) atoms. The third-order valence-corrected chi connectivity index (χ3v) is 5.71. The van der Waals surface area contributed by atoms with E-state index in [1.54, 1.807) is 6.07 Å². The predicted octanol–water partition coefficient (Wildman–Crippen LogP) is 3.67. The van der Waals surface area contributed by atoms with Crippen LogP contribution in [0.1, 0.15) is 48.0 Å². The average Bonchev–Trinajstić information content (AvgIpc) is 3.22. The number of fused-ring (bicyclic) bond motifs is 1. The fraction of sp³-hybridized carbons (Fsp3) is 0.429. The Kier molecular flexibility index (Phi) is 4.53. The van der Waals surface area contributed by atoms with Gasteiger partial charge in [-0.15, -0.1) is 0 Å².